The summed E-state index contributed by atoms with van der Waals surface area (Å²) in [6, 6.07) is 9.36. The first kappa shape index (κ1) is 16.6. The van der Waals surface area contributed by atoms with Crippen molar-refractivity contribution < 1.29 is 14.3 Å². The number of rotatable bonds is 5. The summed E-state index contributed by atoms with van der Waals surface area (Å²) in [4.78, 5) is 25.0. The lowest BCUT2D eigenvalue weighted by Crippen LogP contribution is -2.60. The van der Waals surface area contributed by atoms with Gasteiger partial charge in [-0.3, -0.25) is 9.59 Å². The lowest BCUT2D eigenvalue weighted by atomic mass is 9.53. The van der Waals surface area contributed by atoms with E-state index in [2.05, 4.69) is 5.32 Å². The van der Waals surface area contributed by atoms with E-state index in [-0.39, 0.29) is 23.8 Å². The van der Waals surface area contributed by atoms with E-state index in [9.17, 15) is 9.59 Å². The monoisotopic (exact) mass is 341 g/mol. The van der Waals surface area contributed by atoms with E-state index in [0.29, 0.717) is 0 Å². The minimum absolute atomic E-state index is 0.0719. The molecule has 1 amide bonds. The molecule has 25 heavy (non-hydrogen) atoms. The number of nitrogens with one attached hydrogen (secondary N) is 1. The SMILES string of the molecule is CCC(=O)OC(C(=O)NC12CC3CC(CC(C3)C1)C2)c1ccccc1. The highest BCUT2D eigenvalue weighted by molar-refractivity contribution is 5.85. The quantitative estimate of drug-likeness (QED) is 0.830. The third-order valence-electron chi connectivity index (χ3n) is 6.31. The number of amides is 1. The molecule has 4 aliphatic carbocycles. The predicted molar refractivity (Wildman–Crippen MR) is 94.6 cm³/mol. The third kappa shape index (κ3) is 3.31. The molecule has 4 aliphatic rings. The van der Waals surface area contributed by atoms with Gasteiger partial charge in [-0.15, -0.1) is 0 Å². The van der Waals surface area contributed by atoms with Crippen molar-refractivity contribution in [3.8, 4) is 0 Å². The molecule has 0 radical (unpaired) electrons. The number of benzene rings is 1. The summed E-state index contributed by atoms with van der Waals surface area (Å²) in [5, 5.41) is 3.34. The third-order valence-corrected chi connectivity index (χ3v) is 6.31. The molecule has 0 spiro atoms. The summed E-state index contributed by atoms with van der Waals surface area (Å²) in [6.45, 7) is 1.75. The zero-order valence-corrected chi connectivity index (χ0v) is 14.9. The van der Waals surface area contributed by atoms with Gasteiger partial charge in [0.25, 0.3) is 5.91 Å². The van der Waals surface area contributed by atoms with Crippen LogP contribution in [0, 0.1) is 17.8 Å². The van der Waals surface area contributed by atoms with Crippen molar-refractivity contribution in [2.24, 2.45) is 17.8 Å². The number of hydrogen-bond donors (Lipinski definition) is 1. The second-order valence-corrected chi connectivity index (χ2v) is 8.32. The van der Waals surface area contributed by atoms with Crippen molar-refractivity contribution >= 4 is 11.9 Å². The Kier molecular flexibility index (Phi) is 4.30. The van der Waals surface area contributed by atoms with Gasteiger partial charge in [-0.2, -0.15) is 0 Å². The Balaban J connectivity index is 1.53. The summed E-state index contributed by atoms with van der Waals surface area (Å²) >= 11 is 0. The van der Waals surface area contributed by atoms with Crippen molar-refractivity contribution in [1.29, 1.82) is 0 Å². The van der Waals surface area contributed by atoms with Gasteiger partial charge in [0.05, 0.1) is 0 Å². The Morgan fingerprint density at radius 2 is 1.64 bits per heavy atom. The fourth-order valence-electron chi connectivity index (χ4n) is 5.71. The molecular weight excluding hydrogens is 314 g/mol. The molecule has 1 aromatic carbocycles. The molecule has 5 rings (SSSR count). The van der Waals surface area contributed by atoms with E-state index >= 15 is 0 Å². The molecule has 0 aromatic heterocycles. The maximum atomic E-state index is 13.1. The molecule has 1 unspecified atom stereocenters. The van der Waals surface area contributed by atoms with Crippen molar-refractivity contribution in [2.75, 3.05) is 0 Å². The van der Waals surface area contributed by atoms with Gasteiger partial charge in [0, 0.05) is 17.5 Å². The van der Waals surface area contributed by atoms with Crippen LogP contribution in [0.5, 0.6) is 0 Å². The summed E-state index contributed by atoms with van der Waals surface area (Å²) in [5.74, 6) is 1.80. The van der Waals surface area contributed by atoms with Gasteiger partial charge >= 0.3 is 5.97 Å². The molecular formula is C21H27NO3. The maximum absolute atomic E-state index is 13.1. The van der Waals surface area contributed by atoms with Crippen LogP contribution in [0.15, 0.2) is 30.3 Å². The van der Waals surface area contributed by atoms with Crippen molar-refractivity contribution in [1.82, 2.24) is 5.32 Å². The van der Waals surface area contributed by atoms with E-state index < -0.39 is 6.10 Å². The van der Waals surface area contributed by atoms with Gasteiger partial charge in [0.1, 0.15) is 0 Å². The zero-order chi connectivity index (χ0) is 17.4. The highest BCUT2D eigenvalue weighted by atomic mass is 16.5. The van der Waals surface area contributed by atoms with Gasteiger partial charge in [0.15, 0.2) is 0 Å². The second-order valence-electron chi connectivity index (χ2n) is 8.32. The topological polar surface area (TPSA) is 55.4 Å². The highest BCUT2D eigenvalue weighted by Gasteiger charge is 2.52. The molecule has 134 valence electrons. The molecule has 0 heterocycles. The Hall–Kier alpha value is -1.84. The van der Waals surface area contributed by atoms with Crippen LogP contribution in [0.4, 0.5) is 0 Å². The summed E-state index contributed by atoms with van der Waals surface area (Å²) < 4.78 is 5.51. The van der Waals surface area contributed by atoms with Crippen molar-refractivity contribution in [3.63, 3.8) is 0 Å². The van der Waals surface area contributed by atoms with Crippen LogP contribution >= 0.6 is 0 Å². The van der Waals surface area contributed by atoms with Crippen molar-refractivity contribution in [2.45, 2.75) is 63.5 Å². The van der Waals surface area contributed by atoms with E-state index in [0.717, 1.165) is 42.6 Å². The normalized spacial score (nSPS) is 33.7. The van der Waals surface area contributed by atoms with Gasteiger partial charge < -0.3 is 10.1 Å². The molecule has 4 bridgehead atoms. The van der Waals surface area contributed by atoms with E-state index in [1.165, 1.54) is 19.3 Å². The fraction of sp³-hybridized carbons (Fsp3) is 0.619. The van der Waals surface area contributed by atoms with Gasteiger partial charge in [-0.25, -0.2) is 0 Å². The van der Waals surface area contributed by atoms with Crippen LogP contribution in [0.2, 0.25) is 0 Å². The molecule has 4 saturated carbocycles. The van der Waals surface area contributed by atoms with Crippen LogP contribution in [0.3, 0.4) is 0 Å². The van der Waals surface area contributed by atoms with Gasteiger partial charge in [-0.05, 0) is 56.3 Å². The van der Waals surface area contributed by atoms with E-state index in [4.69, 9.17) is 4.74 Å². The van der Waals surface area contributed by atoms with Crippen LogP contribution in [0.25, 0.3) is 0 Å². The number of ether oxygens (including phenoxy) is 1. The number of carbonyl (C=O) groups excluding carboxylic acids is 2. The average molecular weight is 341 g/mol. The lowest BCUT2D eigenvalue weighted by molar-refractivity contribution is -0.158. The molecule has 0 aliphatic heterocycles. The van der Waals surface area contributed by atoms with Gasteiger partial charge in [-0.1, -0.05) is 37.3 Å². The molecule has 1 aromatic rings. The summed E-state index contributed by atoms with van der Waals surface area (Å²) in [6.07, 6.45) is 6.71. The first-order valence-corrected chi connectivity index (χ1v) is 9.63. The first-order chi connectivity index (χ1) is 12.1. The maximum Gasteiger partial charge on any atom is 0.306 e. The predicted octanol–water partition coefficient (Wildman–Crippen LogP) is 3.77. The fourth-order valence-corrected chi connectivity index (χ4v) is 5.71. The Morgan fingerprint density at radius 1 is 1.08 bits per heavy atom. The van der Waals surface area contributed by atoms with Crippen LogP contribution in [-0.2, 0) is 14.3 Å². The van der Waals surface area contributed by atoms with E-state index in [1.54, 1.807) is 6.92 Å². The number of carbonyl (C=O) groups is 2. The Morgan fingerprint density at radius 3 is 2.16 bits per heavy atom. The highest BCUT2D eigenvalue weighted by Crippen LogP contribution is 2.55. The second kappa shape index (κ2) is 6.47. The molecule has 1 N–H and O–H groups in total. The van der Waals surface area contributed by atoms with E-state index in [1.807, 2.05) is 30.3 Å². The molecule has 4 heteroatoms. The van der Waals surface area contributed by atoms with Crippen molar-refractivity contribution in [3.05, 3.63) is 35.9 Å². The smallest absolute Gasteiger partial charge is 0.306 e. The summed E-state index contributed by atoms with van der Waals surface area (Å²) in [7, 11) is 0. The number of esters is 1. The zero-order valence-electron chi connectivity index (χ0n) is 14.9. The van der Waals surface area contributed by atoms with Gasteiger partial charge in [0.2, 0.25) is 6.10 Å². The minimum Gasteiger partial charge on any atom is -0.447 e. The summed E-state index contributed by atoms with van der Waals surface area (Å²) in [5.41, 5.74) is 0.670. The first-order valence-electron chi connectivity index (χ1n) is 9.63. The van der Waals surface area contributed by atoms with Crippen LogP contribution in [-0.4, -0.2) is 17.4 Å². The molecule has 4 fully saturated rings. The largest absolute Gasteiger partial charge is 0.447 e. The molecule has 1 atom stereocenters. The van der Waals surface area contributed by atoms with Crippen LogP contribution in [0.1, 0.15) is 63.5 Å². The Labute approximate surface area is 149 Å². The average Bonchev–Trinajstić information content (AvgIpc) is 2.58. The Bertz CT molecular complexity index is 619. The number of hydrogen-bond acceptors (Lipinski definition) is 3. The van der Waals surface area contributed by atoms with Crippen LogP contribution < -0.4 is 5.32 Å². The lowest BCUT2D eigenvalue weighted by Gasteiger charge is -2.57. The minimum atomic E-state index is -0.846. The molecule has 4 nitrogen and oxygen atoms in total. The standard InChI is InChI=1S/C21H27NO3/c1-2-18(23)25-19(17-6-4-3-5-7-17)20(24)22-21-11-14-8-15(12-21)10-16(9-14)13-21/h3-7,14-16,19H,2,8-13H2,1H3,(H,22,24). The molecule has 0 saturated heterocycles.